The van der Waals surface area contributed by atoms with Crippen LogP contribution >= 0.6 is 0 Å². The van der Waals surface area contributed by atoms with Gasteiger partial charge in [-0.05, 0) is 65.8 Å². The number of esters is 1. The SMILES string of the molecule is COC(=O)CC1COc2cc(O[C@@H]3CCc4c(-c5cc(O)ccc5C)cccc43)ccc21. The number of aryl methyl sites for hydroxylation is 1. The molecule has 0 spiro atoms. The maximum Gasteiger partial charge on any atom is 0.306 e. The van der Waals surface area contributed by atoms with Crippen molar-refractivity contribution in [3.05, 3.63) is 76.9 Å². The minimum absolute atomic E-state index is 0.0202. The monoisotopic (exact) mass is 430 g/mol. The van der Waals surface area contributed by atoms with Crippen molar-refractivity contribution >= 4 is 5.97 Å². The van der Waals surface area contributed by atoms with Gasteiger partial charge in [0.15, 0.2) is 0 Å². The molecule has 0 saturated carbocycles. The van der Waals surface area contributed by atoms with Gasteiger partial charge < -0.3 is 19.3 Å². The van der Waals surface area contributed by atoms with Crippen LogP contribution in [0.1, 0.15) is 47.1 Å². The van der Waals surface area contributed by atoms with Crippen molar-refractivity contribution < 1.29 is 24.1 Å². The maximum absolute atomic E-state index is 11.6. The minimum Gasteiger partial charge on any atom is -0.508 e. The molecular weight excluding hydrogens is 404 g/mol. The van der Waals surface area contributed by atoms with Gasteiger partial charge in [-0.15, -0.1) is 0 Å². The number of phenolic OH excluding ortho intramolecular Hbond substituents is 1. The molecule has 2 atom stereocenters. The van der Waals surface area contributed by atoms with Crippen molar-refractivity contribution in [3.8, 4) is 28.4 Å². The number of phenols is 1. The average Bonchev–Trinajstić information content (AvgIpc) is 3.39. The van der Waals surface area contributed by atoms with Gasteiger partial charge in [0.05, 0.1) is 20.1 Å². The van der Waals surface area contributed by atoms with Crippen LogP contribution in [0.25, 0.3) is 11.1 Å². The van der Waals surface area contributed by atoms with Crippen molar-refractivity contribution in [2.45, 2.75) is 38.2 Å². The van der Waals surface area contributed by atoms with E-state index in [0.29, 0.717) is 13.0 Å². The van der Waals surface area contributed by atoms with Crippen LogP contribution in [0.4, 0.5) is 0 Å². The van der Waals surface area contributed by atoms with Gasteiger partial charge in [-0.2, -0.15) is 0 Å². The molecule has 0 bridgehead atoms. The average molecular weight is 431 g/mol. The summed E-state index contributed by atoms with van der Waals surface area (Å²) in [5.74, 6) is 1.61. The first-order valence-corrected chi connectivity index (χ1v) is 11.0. The fraction of sp³-hybridized carbons (Fsp3) is 0.296. The van der Waals surface area contributed by atoms with E-state index in [0.717, 1.165) is 46.6 Å². The van der Waals surface area contributed by atoms with Gasteiger partial charge in [-0.25, -0.2) is 0 Å². The molecule has 1 N–H and O–H groups in total. The van der Waals surface area contributed by atoms with Crippen molar-refractivity contribution in [3.63, 3.8) is 0 Å². The number of fused-ring (bicyclic) bond motifs is 2. The Morgan fingerprint density at radius 2 is 1.97 bits per heavy atom. The summed E-state index contributed by atoms with van der Waals surface area (Å²) in [6.45, 7) is 2.54. The van der Waals surface area contributed by atoms with Gasteiger partial charge in [0, 0.05) is 17.5 Å². The van der Waals surface area contributed by atoms with E-state index in [2.05, 4.69) is 25.1 Å². The molecule has 1 aliphatic carbocycles. The Bertz CT molecular complexity index is 1180. The maximum atomic E-state index is 11.6. The summed E-state index contributed by atoms with van der Waals surface area (Å²) in [6, 6.07) is 17.7. The van der Waals surface area contributed by atoms with Crippen molar-refractivity contribution in [1.82, 2.24) is 0 Å². The number of hydrogen-bond acceptors (Lipinski definition) is 5. The quantitative estimate of drug-likeness (QED) is 0.544. The van der Waals surface area contributed by atoms with Crippen molar-refractivity contribution in [1.29, 1.82) is 0 Å². The Labute approximate surface area is 187 Å². The lowest BCUT2D eigenvalue weighted by Gasteiger charge is -2.17. The number of aromatic hydroxyl groups is 1. The number of carbonyl (C=O) groups excluding carboxylic acids is 1. The second kappa shape index (κ2) is 8.23. The molecule has 3 aromatic rings. The summed E-state index contributed by atoms with van der Waals surface area (Å²) in [5, 5.41) is 9.99. The van der Waals surface area contributed by atoms with Gasteiger partial charge in [0.2, 0.25) is 0 Å². The Kier molecular flexibility index (Phi) is 5.25. The van der Waals surface area contributed by atoms with Crippen LogP contribution in [-0.4, -0.2) is 24.8 Å². The zero-order valence-electron chi connectivity index (χ0n) is 18.3. The molecule has 5 heteroatoms. The first-order valence-electron chi connectivity index (χ1n) is 11.0. The van der Waals surface area contributed by atoms with E-state index >= 15 is 0 Å². The van der Waals surface area contributed by atoms with E-state index in [1.165, 1.54) is 18.2 Å². The van der Waals surface area contributed by atoms with Crippen LogP contribution in [0, 0.1) is 6.92 Å². The molecule has 1 unspecified atom stereocenters. The van der Waals surface area contributed by atoms with Crippen LogP contribution in [0.3, 0.4) is 0 Å². The highest BCUT2D eigenvalue weighted by molar-refractivity contribution is 5.74. The molecule has 2 aliphatic rings. The molecule has 164 valence electrons. The lowest BCUT2D eigenvalue weighted by atomic mass is 9.93. The number of methoxy groups -OCH3 is 1. The Morgan fingerprint density at radius 1 is 1.09 bits per heavy atom. The molecule has 5 rings (SSSR count). The standard InChI is InChI=1S/C27H26O5/c1-16-6-7-18(28)13-24(16)21-4-3-5-23-22(21)10-11-25(23)32-19-8-9-20-17(12-27(29)30-2)15-31-26(20)14-19/h3-9,13-14,17,25,28H,10-12,15H2,1-2H3/t17?,25-/m1/s1. The van der Waals surface area contributed by atoms with Crippen LogP contribution in [0.5, 0.6) is 17.2 Å². The number of carbonyl (C=O) groups is 1. The first kappa shape index (κ1) is 20.4. The van der Waals surface area contributed by atoms with Gasteiger partial charge in [0.1, 0.15) is 23.4 Å². The topological polar surface area (TPSA) is 65.0 Å². The van der Waals surface area contributed by atoms with E-state index in [9.17, 15) is 9.90 Å². The molecule has 0 amide bonds. The summed E-state index contributed by atoms with van der Waals surface area (Å²) in [6.07, 6.45) is 2.10. The molecule has 0 radical (unpaired) electrons. The highest BCUT2D eigenvalue weighted by Gasteiger charge is 2.30. The third-order valence-corrected chi connectivity index (χ3v) is 6.51. The highest BCUT2D eigenvalue weighted by atomic mass is 16.5. The van der Waals surface area contributed by atoms with Crippen LogP contribution < -0.4 is 9.47 Å². The van der Waals surface area contributed by atoms with Gasteiger partial charge in [-0.1, -0.05) is 30.3 Å². The summed E-state index contributed by atoms with van der Waals surface area (Å²) >= 11 is 0. The highest BCUT2D eigenvalue weighted by Crippen LogP contribution is 2.43. The summed E-state index contributed by atoms with van der Waals surface area (Å²) < 4.78 is 17.0. The third-order valence-electron chi connectivity index (χ3n) is 6.51. The number of hydrogen-bond donors (Lipinski definition) is 1. The molecule has 32 heavy (non-hydrogen) atoms. The Morgan fingerprint density at radius 3 is 2.81 bits per heavy atom. The second-order valence-corrected chi connectivity index (χ2v) is 8.51. The van der Waals surface area contributed by atoms with Crippen molar-refractivity contribution in [2.75, 3.05) is 13.7 Å². The molecule has 0 aromatic heterocycles. The summed E-state index contributed by atoms with van der Waals surface area (Å²) in [5.41, 5.74) is 6.85. The Hall–Kier alpha value is -3.47. The lowest BCUT2D eigenvalue weighted by Crippen LogP contribution is -2.09. The molecule has 1 aliphatic heterocycles. The zero-order chi connectivity index (χ0) is 22.2. The van der Waals surface area contributed by atoms with E-state index in [1.807, 2.05) is 30.3 Å². The molecule has 3 aromatic carbocycles. The van der Waals surface area contributed by atoms with Gasteiger partial charge >= 0.3 is 5.97 Å². The van der Waals surface area contributed by atoms with Crippen LogP contribution in [0.15, 0.2) is 54.6 Å². The lowest BCUT2D eigenvalue weighted by molar-refractivity contribution is -0.141. The fourth-order valence-corrected chi connectivity index (χ4v) is 4.84. The summed E-state index contributed by atoms with van der Waals surface area (Å²) in [4.78, 5) is 11.6. The number of benzene rings is 3. The number of ether oxygens (including phenoxy) is 3. The van der Waals surface area contributed by atoms with Crippen LogP contribution in [0.2, 0.25) is 0 Å². The molecule has 1 heterocycles. The predicted molar refractivity (Wildman–Crippen MR) is 121 cm³/mol. The minimum atomic E-state index is -0.230. The summed E-state index contributed by atoms with van der Waals surface area (Å²) in [7, 11) is 1.41. The molecule has 0 fully saturated rings. The third kappa shape index (κ3) is 3.68. The van der Waals surface area contributed by atoms with E-state index < -0.39 is 0 Å². The first-order chi connectivity index (χ1) is 15.5. The van der Waals surface area contributed by atoms with Crippen LogP contribution in [-0.2, 0) is 16.0 Å². The normalized spacial score (nSPS) is 18.6. The largest absolute Gasteiger partial charge is 0.508 e. The molecular formula is C27H26O5. The number of rotatable bonds is 5. The Balaban J connectivity index is 1.39. The molecule has 5 nitrogen and oxygen atoms in total. The second-order valence-electron chi connectivity index (χ2n) is 8.51. The van der Waals surface area contributed by atoms with Gasteiger partial charge in [0.25, 0.3) is 0 Å². The van der Waals surface area contributed by atoms with E-state index in [-0.39, 0.29) is 23.7 Å². The predicted octanol–water partition coefficient (Wildman–Crippen LogP) is 5.47. The fourth-order valence-electron chi connectivity index (χ4n) is 4.84. The van der Waals surface area contributed by atoms with Gasteiger partial charge in [-0.3, -0.25) is 4.79 Å². The molecule has 0 saturated heterocycles. The zero-order valence-corrected chi connectivity index (χ0v) is 18.3. The van der Waals surface area contributed by atoms with E-state index in [1.54, 1.807) is 6.07 Å². The van der Waals surface area contributed by atoms with Crippen molar-refractivity contribution in [2.24, 2.45) is 0 Å². The van der Waals surface area contributed by atoms with E-state index in [4.69, 9.17) is 14.2 Å². The smallest absolute Gasteiger partial charge is 0.306 e.